The van der Waals surface area contributed by atoms with Gasteiger partial charge in [-0.15, -0.1) is 0 Å². The van der Waals surface area contributed by atoms with Crippen molar-refractivity contribution in [1.29, 1.82) is 0 Å². The molecule has 6 nitrogen and oxygen atoms in total. The van der Waals surface area contributed by atoms with Crippen molar-refractivity contribution < 1.29 is 28.6 Å². The van der Waals surface area contributed by atoms with Crippen LogP contribution in [-0.4, -0.2) is 37.2 Å². The smallest absolute Gasteiger partial charge is 0.306 e. The number of ether oxygens (including phenoxy) is 3. The van der Waals surface area contributed by atoms with Crippen molar-refractivity contribution in [3.63, 3.8) is 0 Å². The van der Waals surface area contributed by atoms with E-state index in [1.807, 2.05) is 0 Å². The normalized spacial score (nSPS) is 13.2. The Hall–Kier alpha value is -4.71. The number of allylic oxidation sites excluding steroid dienone is 24. The van der Waals surface area contributed by atoms with E-state index < -0.39 is 6.10 Å². The molecule has 404 valence electrons. The molecule has 0 fully saturated rings. The number of unbranched alkanes of at least 4 members (excludes halogenated alkanes) is 15. The van der Waals surface area contributed by atoms with Gasteiger partial charge < -0.3 is 14.2 Å². The summed E-state index contributed by atoms with van der Waals surface area (Å²) >= 11 is 0. The number of carbonyl (C=O) groups excluding carboxylic acids is 3. The molecular weight excluding hydrogens is 889 g/mol. The van der Waals surface area contributed by atoms with Gasteiger partial charge in [-0.3, -0.25) is 14.4 Å². The van der Waals surface area contributed by atoms with E-state index in [0.29, 0.717) is 19.3 Å². The topological polar surface area (TPSA) is 78.9 Å². The molecule has 0 N–H and O–H groups in total. The summed E-state index contributed by atoms with van der Waals surface area (Å²) in [6.07, 6.45) is 84.2. The fourth-order valence-electron chi connectivity index (χ4n) is 7.24. The number of hydrogen-bond donors (Lipinski definition) is 0. The van der Waals surface area contributed by atoms with Crippen molar-refractivity contribution in [3.8, 4) is 0 Å². The third-order valence-corrected chi connectivity index (χ3v) is 11.5. The van der Waals surface area contributed by atoms with Crippen molar-refractivity contribution in [3.05, 3.63) is 146 Å². The number of hydrogen-bond acceptors (Lipinski definition) is 6. The van der Waals surface area contributed by atoms with Crippen LogP contribution in [0.15, 0.2) is 146 Å². The van der Waals surface area contributed by atoms with E-state index in [9.17, 15) is 14.4 Å². The second kappa shape index (κ2) is 58.9. The molecule has 1 atom stereocenters. The highest BCUT2D eigenvalue weighted by atomic mass is 16.6. The van der Waals surface area contributed by atoms with Gasteiger partial charge in [0.15, 0.2) is 6.10 Å². The highest BCUT2D eigenvalue weighted by Gasteiger charge is 2.19. The zero-order valence-electron chi connectivity index (χ0n) is 46.1. The van der Waals surface area contributed by atoms with Crippen LogP contribution in [0, 0.1) is 0 Å². The fraction of sp³-hybridized carbons (Fsp3) is 0.591. The average Bonchev–Trinajstić information content (AvgIpc) is 3.38. The van der Waals surface area contributed by atoms with Crippen LogP contribution in [-0.2, 0) is 28.6 Å². The summed E-state index contributed by atoms with van der Waals surface area (Å²) in [4.78, 5) is 38.0. The monoisotopic (exact) mass is 993 g/mol. The standard InChI is InChI=1S/C66H104O6/c1-4-7-10-13-16-19-22-24-25-26-27-28-29-30-31-32-33-34-35-36-37-38-39-40-41-43-44-47-50-53-56-59-65(68)71-62-63(61-70-64(67)58-55-52-49-46-21-18-15-12-9-6-3)72-66(69)60-57-54-51-48-45-42-23-20-17-14-11-8-5-2/h7,10-12,14-16,19-20,23-25,27-28,30-31,33-34,36-37,39-40,43-44,63H,4-6,8-9,13,17-18,21-22,26,29,32,35,38,41-42,45-62H2,1-3H3/b10-7-,14-11-,15-12-,19-16-,23-20-,25-24-,28-27-,31-30-,34-33-,37-36-,40-39-,44-43-. The molecule has 0 radical (unpaired) electrons. The summed E-state index contributed by atoms with van der Waals surface area (Å²) in [5.74, 6) is -0.972. The van der Waals surface area contributed by atoms with Gasteiger partial charge in [-0.2, -0.15) is 0 Å². The van der Waals surface area contributed by atoms with Gasteiger partial charge in [-0.05, 0) is 135 Å². The van der Waals surface area contributed by atoms with Gasteiger partial charge in [0.25, 0.3) is 0 Å². The molecule has 0 aliphatic carbocycles. The van der Waals surface area contributed by atoms with E-state index in [-0.39, 0.29) is 31.1 Å². The van der Waals surface area contributed by atoms with E-state index in [0.717, 1.165) is 173 Å². The predicted molar refractivity (Wildman–Crippen MR) is 311 cm³/mol. The Balaban J connectivity index is 4.33. The van der Waals surface area contributed by atoms with E-state index in [1.54, 1.807) is 0 Å². The summed E-state index contributed by atoms with van der Waals surface area (Å²) in [5, 5.41) is 0. The predicted octanol–water partition coefficient (Wildman–Crippen LogP) is 19.6. The Morgan fingerprint density at radius 2 is 0.542 bits per heavy atom. The Kier molecular flexibility index (Phi) is 55.0. The number of carbonyl (C=O) groups is 3. The molecule has 0 saturated carbocycles. The van der Waals surface area contributed by atoms with Gasteiger partial charge >= 0.3 is 17.9 Å². The third kappa shape index (κ3) is 56.2. The minimum absolute atomic E-state index is 0.104. The first-order chi connectivity index (χ1) is 35.5. The van der Waals surface area contributed by atoms with Gasteiger partial charge in [0.2, 0.25) is 0 Å². The van der Waals surface area contributed by atoms with Crippen LogP contribution in [0.5, 0.6) is 0 Å². The number of esters is 3. The Morgan fingerprint density at radius 1 is 0.292 bits per heavy atom. The second-order valence-corrected chi connectivity index (χ2v) is 18.5. The molecule has 0 spiro atoms. The Labute approximate surface area is 442 Å². The molecule has 0 aliphatic rings. The zero-order chi connectivity index (χ0) is 52.2. The van der Waals surface area contributed by atoms with E-state index in [1.165, 1.54) is 19.3 Å². The minimum atomic E-state index is -0.807. The van der Waals surface area contributed by atoms with Crippen LogP contribution < -0.4 is 0 Å². The molecular formula is C66H104O6. The highest BCUT2D eigenvalue weighted by molar-refractivity contribution is 5.71. The van der Waals surface area contributed by atoms with Crippen molar-refractivity contribution in [1.82, 2.24) is 0 Å². The summed E-state index contributed by atoms with van der Waals surface area (Å²) in [6, 6.07) is 0. The van der Waals surface area contributed by atoms with Crippen LogP contribution in [0.2, 0.25) is 0 Å². The molecule has 72 heavy (non-hydrogen) atoms. The molecule has 0 bridgehead atoms. The van der Waals surface area contributed by atoms with Crippen LogP contribution in [0.1, 0.15) is 233 Å². The van der Waals surface area contributed by atoms with E-state index in [4.69, 9.17) is 14.2 Å². The average molecular weight is 994 g/mol. The molecule has 6 heteroatoms. The Bertz CT molecular complexity index is 1610. The lowest BCUT2D eigenvalue weighted by atomic mass is 10.1. The number of rotatable bonds is 50. The highest BCUT2D eigenvalue weighted by Crippen LogP contribution is 2.13. The molecule has 1 unspecified atom stereocenters. The molecule has 0 aromatic heterocycles. The summed E-state index contributed by atoms with van der Waals surface area (Å²) in [5.41, 5.74) is 0. The molecule has 0 saturated heterocycles. The first kappa shape index (κ1) is 67.3. The third-order valence-electron chi connectivity index (χ3n) is 11.5. The lowest BCUT2D eigenvalue weighted by Crippen LogP contribution is -2.30. The summed E-state index contributed by atoms with van der Waals surface area (Å²) in [6.45, 7) is 6.33. The van der Waals surface area contributed by atoms with Crippen LogP contribution >= 0.6 is 0 Å². The van der Waals surface area contributed by atoms with E-state index >= 15 is 0 Å². The lowest BCUT2D eigenvalue weighted by Gasteiger charge is -2.18. The molecule has 0 amide bonds. The van der Waals surface area contributed by atoms with Crippen LogP contribution in [0.4, 0.5) is 0 Å². The first-order valence-corrected chi connectivity index (χ1v) is 28.8. The first-order valence-electron chi connectivity index (χ1n) is 28.8. The van der Waals surface area contributed by atoms with Crippen LogP contribution in [0.3, 0.4) is 0 Å². The van der Waals surface area contributed by atoms with Gasteiger partial charge in [0.1, 0.15) is 13.2 Å². The van der Waals surface area contributed by atoms with Crippen molar-refractivity contribution >= 4 is 17.9 Å². The maximum atomic E-state index is 12.8. The zero-order valence-corrected chi connectivity index (χ0v) is 46.1. The SMILES string of the molecule is CC/C=C\C/C=C\C/C=C\C/C=C\C/C=C\C/C=C\C/C=C\C/C=C\C/C=C\CCCCCC(=O)OCC(COC(=O)CCCCCCC/C=C\CCC)OC(=O)CCCCCCC/C=C\C/C=C\CCC. The molecule has 0 heterocycles. The second-order valence-electron chi connectivity index (χ2n) is 18.5. The van der Waals surface area contributed by atoms with Gasteiger partial charge in [0.05, 0.1) is 0 Å². The van der Waals surface area contributed by atoms with Crippen molar-refractivity contribution in [2.45, 2.75) is 239 Å². The maximum Gasteiger partial charge on any atom is 0.306 e. The van der Waals surface area contributed by atoms with E-state index in [2.05, 4.69) is 167 Å². The molecule has 0 aromatic carbocycles. The maximum absolute atomic E-state index is 12.8. The quantitative estimate of drug-likeness (QED) is 0.0261. The van der Waals surface area contributed by atoms with Gasteiger partial charge in [0, 0.05) is 19.3 Å². The van der Waals surface area contributed by atoms with Crippen LogP contribution in [0.25, 0.3) is 0 Å². The lowest BCUT2D eigenvalue weighted by molar-refractivity contribution is -0.167. The van der Waals surface area contributed by atoms with Crippen molar-refractivity contribution in [2.24, 2.45) is 0 Å². The molecule has 0 aliphatic heterocycles. The van der Waals surface area contributed by atoms with Gasteiger partial charge in [-0.1, -0.05) is 224 Å². The Morgan fingerprint density at radius 3 is 0.889 bits per heavy atom. The van der Waals surface area contributed by atoms with Crippen molar-refractivity contribution in [2.75, 3.05) is 13.2 Å². The minimum Gasteiger partial charge on any atom is -0.462 e. The van der Waals surface area contributed by atoms with Gasteiger partial charge in [-0.25, -0.2) is 0 Å². The summed E-state index contributed by atoms with van der Waals surface area (Å²) in [7, 11) is 0. The fourth-order valence-corrected chi connectivity index (χ4v) is 7.24. The largest absolute Gasteiger partial charge is 0.462 e. The molecule has 0 aromatic rings. The summed E-state index contributed by atoms with van der Waals surface area (Å²) < 4.78 is 16.7. The molecule has 0 rings (SSSR count).